The van der Waals surface area contributed by atoms with Crippen molar-refractivity contribution in [3.63, 3.8) is 0 Å². The van der Waals surface area contributed by atoms with Crippen molar-refractivity contribution in [3.05, 3.63) is 35.4 Å². The van der Waals surface area contributed by atoms with Crippen molar-refractivity contribution < 1.29 is 9.90 Å². The van der Waals surface area contributed by atoms with Crippen LogP contribution < -0.4 is 5.32 Å². The van der Waals surface area contributed by atoms with Gasteiger partial charge in [0.15, 0.2) is 0 Å². The summed E-state index contributed by atoms with van der Waals surface area (Å²) in [6.45, 7) is 0. The Kier molecular flexibility index (Phi) is 4.66. The maximum Gasteiger partial charge on any atom is 0.249 e. The van der Waals surface area contributed by atoms with Gasteiger partial charge < -0.3 is 10.4 Å². The number of thioether (sulfide) groups is 1. The third kappa shape index (κ3) is 3.27. The number of carbonyl (C=O) groups is 1. The van der Waals surface area contributed by atoms with Gasteiger partial charge in [0.1, 0.15) is 6.10 Å². The summed E-state index contributed by atoms with van der Waals surface area (Å²) in [5.74, 6) is 0.571. The van der Waals surface area contributed by atoms with E-state index in [1.165, 1.54) is 11.1 Å². The first-order chi connectivity index (χ1) is 8.70. The lowest BCUT2D eigenvalue weighted by Crippen LogP contribution is -2.42. The van der Waals surface area contributed by atoms with Gasteiger partial charge in [-0.05, 0) is 42.4 Å². The van der Waals surface area contributed by atoms with Crippen LogP contribution in [0.4, 0.5) is 0 Å². The molecule has 0 bridgehead atoms. The van der Waals surface area contributed by atoms with Crippen LogP contribution in [-0.4, -0.2) is 35.2 Å². The minimum atomic E-state index is -0.874. The molecule has 98 valence electrons. The van der Waals surface area contributed by atoms with E-state index in [0.29, 0.717) is 6.42 Å². The molecule has 0 unspecified atom stereocenters. The fourth-order valence-electron chi connectivity index (χ4n) is 2.32. The number of aliphatic hydroxyl groups is 1. The highest BCUT2D eigenvalue weighted by Gasteiger charge is 2.24. The van der Waals surface area contributed by atoms with Gasteiger partial charge in [0, 0.05) is 6.04 Å². The molecule has 1 aromatic carbocycles. The standard InChI is InChI=1S/C14H19NO2S/c1-18-7-6-13(16)14(17)15-12-8-10-4-2-3-5-11(10)9-12/h2-5,12-13,16H,6-9H2,1H3,(H,15,17)/t13-/m1/s1. The molecular weight excluding hydrogens is 246 g/mol. The average Bonchev–Trinajstić information content (AvgIpc) is 2.77. The largest absolute Gasteiger partial charge is 0.383 e. The van der Waals surface area contributed by atoms with E-state index in [9.17, 15) is 9.90 Å². The third-order valence-corrected chi connectivity index (χ3v) is 3.94. The monoisotopic (exact) mass is 265 g/mol. The van der Waals surface area contributed by atoms with Crippen LogP contribution in [0, 0.1) is 0 Å². The summed E-state index contributed by atoms with van der Waals surface area (Å²) in [7, 11) is 0. The predicted octanol–water partition coefficient (Wildman–Crippen LogP) is 1.38. The van der Waals surface area contributed by atoms with Gasteiger partial charge in [-0.1, -0.05) is 24.3 Å². The molecule has 0 spiro atoms. The minimum Gasteiger partial charge on any atom is -0.383 e. The van der Waals surface area contributed by atoms with Gasteiger partial charge in [-0.3, -0.25) is 4.79 Å². The first-order valence-corrected chi connectivity index (χ1v) is 7.64. The molecule has 1 aliphatic carbocycles. The van der Waals surface area contributed by atoms with Crippen LogP contribution in [-0.2, 0) is 17.6 Å². The molecule has 1 atom stereocenters. The molecule has 3 nitrogen and oxygen atoms in total. The van der Waals surface area contributed by atoms with Crippen LogP contribution in [0.5, 0.6) is 0 Å². The fourth-order valence-corrected chi connectivity index (χ4v) is 2.78. The first kappa shape index (κ1) is 13.4. The Morgan fingerprint density at radius 1 is 1.44 bits per heavy atom. The molecule has 1 aliphatic rings. The van der Waals surface area contributed by atoms with Gasteiger partial charge in [0.2, 0.25) is 5.91 Å². The number of hydrogen-bond donors (Lipinski definition) is 2. The lowest BCUT2D eigenvalue weighted by molar-refractivity contribution is -0.130. The number of aliphatic hydroxyl groups excluding tert-OH is 1. The maximum atomic E-state index is 11.8. The SMILES string of the molecule is CSCC[C@@H](O)C(=O)NC1Cc2ccccc2C1. The van der Waals surface area contributed by atoms with Gasteiger partial charge in [-0.15, -0.1) is 0 Å². The van der Waals surface area contributed by atoms with E-state index >= 15 is 0 Å². The van der Waals surface area contributed by atoms with Gasteiger partial charge in [-0.2, -0.15) is 11.8 Å². The van der Waals surface area contributed by atoms with Crippen LogP contribution >= 0.6 is 11.8 Å². The van der Waals surface area contributed by atoms with E-state index in [1.54, 1.807) is 11.8 Å². The fraction of sp³-hybridized carbons (Fsp3) is 0.500. The highest BCUT2D eigenvalue weighted by Crippen LogP contribution is 2.21. The van der Waals surface area contributed by atoms with Crippen molar-refractivity contribution in [3.8, 4) is 0 Å². The molecule has 0 aromatic heterocycles. The molecule has 1 aromatic rings. The molecule has 18 heavy (non-hydrogen) atoms. The number of nitrogens with one attached hydrogen (secondary N) is 1. The molecule has 1 amide bonds. The van der Waals surface area contributed by atoms with E-state index in [2.05, 4.69) is 17.4 Å². The van der Waals surface area contributed by atoms with Crippen molar-refractivity contribution in [2.45, 2.75) is 31.4 Å². The highest BCUT2D eigenvalue weighted by atomic mass is 32.2. The summed E-state index contributed by atoms with van der Waals surface area (Å²) in [5, 5.41) is 12.6. The minimum absolute atomic E-state index is 0.138. The summed E-state index contributed by atoms with van der Waals surface area (Å²) in [4.78, 5) is 11.8. The zero-order chi connectivity index (χ0) is 13.0. The molecule has 0 heterocycles. The second-order valence-corrected chi connectivity index (χ2v) is 5.67. The molecule has 0 saturated heterocycles. The van der Waals surface area contributed by atoms with Gasteiger partial charge >= 0.3 is 0 Å². The number of carbonyl (C=O) groups excluding carboxylic acids is 1. The Hall–Kier alpha value is -1.00. The number of rotatable bonds is 5. The van der Waals surface area contributed by atoms with E-state index in [0.717, 1.165) is 18.6 Å². The van der Waals surface area contributed by atoms with Gasteiger partial charge in [-0.25, -0.2) is 0 Å². The van der Waals surface area contributed by atoms with Gasteiger partial charge in [0.25, 0.3) is 0 Å². The Morgan fingerprint density at radius 3 is 2.61 bits per heavy atom. The molecule has 0 saturated carbocycles. The average molecular weight is 265 g/mol. The number of fused-ring (bicyclic) bond motifs is 1. The summed E-state index contributed by atoms with van der Waals surface area (Å²) in [5.41, 5.74) is 2.61. The molecule has 2 N–H and O–H groups in total. The van der Waals surface area contributed by atoms with E-state index < -0.39 is 6.10 Å². The molecule has 0 fully saturated rings. The normalized spacial score (nSPS) is 16.3. The lowest BCUT2D eigenvalue weighted by Gasteiger charge is -2.15. The van der Waals surface area contributed by atoms with E-state index in [4.69, 9.17) is 0 Å². The summed E-state index contributed by atoms with van der Waals surface area (Å²) >= 11 is 1.64. The van der Waals surface area contributed by atoms with E-state index in [-0.39, 0.29) is 11.9 Å². The highest BCUT2D eigenvalue weighted by molar-refractivity contribution is 7.98. The van der Waals surface area contributed by atoms with Crippen LogP contribution in [0.1, 0.15) is 17.5 Å². The number of hydrogen-bond acceptors (Lipinski definition) is 3. The number of amides is 1. The predicted molar refractivity (Wildman–Crippen MR) is 74.8 cm³/mol. The van der Waals surface area contributed by atoms with Gasteiger partial charge in [0.05, 0.1) is 0 Å². The Bertz CT molecular complexity index is 397. The Morgan fingerprint density at radius 2 is 2.06 bits per heavy atom. The molecule has 0 radical (unpaired) electrons. The Balaban J connectivity index is 1.84. The van der Waals surface area contributed by atoms with Crippen molar-refractivity contribution in [1.29, 1.82) is 0 Å². The zero-order valence-corrected chi connectivity index (χ0v) is 11.4. The summed E-state index contributed by atoms with van der Waals surface area (Å²) in [6, 6.07) is 8.39. The van der Waals surface area contributed by atoms with Crippen molar-refractivity contribution in [2.24, 2.45) is 0 Å². The number of benzene rings is 1. The molecule has 4 heteroatoms. The van der Waals surface area contributed by atoms with Crippen LogP contribution in [0.3, 0.4) is 0 Å². The molecule has 2 rings (SSSR count). The molecular formula is C14H19NO2S. The summed E-state index contributed by atoms with van der Waals surface area (Å²) in [6.07, 6.45) is 3.36. The van der Waals surface area contributed by atoms with Crippen LogP contribution in [0.2, 0.25) is 0 Å². The maximum absolute atomic E-state index is 11.8. The quantitative estimate of drug-likeness (QED) is 0.846. The topological polar surface area (TPSA) is 49.3 Å². The first-order valence-electron chi connectivity index (χ1n) is 6.25. The smallest absolute Gasteiger partial charge is 0.249 e. The Labute approximate surface area is 112 Å². The van der Waals surface area contributed by atoms with E-state index in [1.807, 2.05) is 18.4 Å². The summed E-state index contributed by atoms with van der Waals surface area (Å²) < 4.78 is 0. The second-order valence-electron chi connectivity index (χ2n) is 4.68. The second kappa shape index (κ2) is 6.25. The van der Waals surface area contributed by atoms with Crippen molar-refractivity contribution in [2.75, 3.05) is 12.0 Å². The third-order valence-electron chi connectivity index (χ3n) is 3.30. The zero-order valence-electron chi connectivity index (χ0n) is 10.6. The lowest BCUT2D eigenvalue weighted by atomic mass is 10.1. The van der Waals surface area contributed by atoms with Crippen molar-refractivity contribution >= 4 is 17.7 Å². The van der Waals surface area contributed by atoms with Crippen LogP contribution in [0.25, 0.3) is 0 Å². The van der Waals surface area contributed by atoms with Crippen molar-refractivity contribution in [1.82, 2.24) is 5.32 Å². The van der Waals surface area contributed by atoms with Crippen LogP contribution in [0.15, 0.2) is 24.3 Å². The molecule has 0 aliphatic heterocycles.